The van der Waals surface area contributed by atoms with Gasteiger partial charge in [0.05, 0.1) is 11.4 Å². The molecule has 0 atom stereocenters. The molecular formula is C25H25N5O3. The Labute approximate surface area is 192 Å². The number of nitrogens with zero attached hydrogens (tertiary/aromatic N) is 5. The van der Waals surface area contributed by atoms with Crippen LogP contribution in [-0.4, -0.2) is 63.1 Å². The molecule has 2 fully saturated rings. The van der Waals surface area contributed by atoms with Crippen LogP contribution in [0.4, 0.5) is 10.5 Å². The Balaban J connectivity index is 1.25. The van der Waals surface area contributed by atoms with Crippen molar-refractivity contribution in [2.45, 2.75) is 18.9 Å². The Morgan fingerprint density at radius 2 is 1.58 bits per heavy atom. The average molecular weight is 444 g/mol. The predicted octanol–water partition coefficient (Wildman–Crippen LogP) is 3.16. The maximum Gasteiger partial charge on any atom is 0.332 e. The van der Waals surface area contributed by atoms with Crippen molar-refractivity contribution < 1.29 is 14.4 Å². The Morgan fingerprint density at radius 3 is 2.24 bits per heavy atom. The van der Waals surface area contributed by atoms with Gasteiger partial charge in [-0.25, -0.2) is 9.69 Å². The molecule has 0 spiro atoms. The monoisotopic (exact) mass is 443 g/mol. The summed E-state index contributed by atoms with van der Waals surface area (Å²) in [5.74, 6) is -0.284. The molecule has 0 saturated carbocycles. The summed E-state index contributed by atoms with van der Waals surface area (Å²) in [6, 6.07) is 20.2. The van der Waals surface area contributed by atoms with Gasteiger partial charge < -0.3 is 9.80 Å². The number of rotatable bonds is 4. The quantitative estimate of drug-likeness (QED) is 0.581. The van der Waals surface area contributed by atoms with Gasteiger partial charge in [-0.15, -0.1) is 0 Å². The molecule has 2 aliphatic rings. The number of imide groups is 1. The maximum absolute atomic E-state index is 13.2. The van der Waals surface area contributed by atoms with Gasteiger partial charge in [-0.05, 0) is 31.0 Å². The fraction of sp³-hybridized carbons (Fsp3) is 0.280. The number of anilines is 1. The molecule has 3 heterocycles. The summed E-state index contributed by atoms with van der Waals surface area (Å²) >= 11 is 0. The summed E-state index contributed by atoms with van der Waals surface area (Å²) in [6.45, 7) is 1.13. The SMILES string of the molecule is Cn1nc(-c2ccccc2)cc1C(=O)N1CCC(N2CC(=O)N(c3ccccc3)C2=O)CC1. The number of benzene rings is 2. The normalized spacial score (nSPS) is 17.2. The van der Waals surface area contributed by atoms with Crippen LogP contribution in [0.5, 0.6) is 0 Å². The highest BCUT2D eigenvalue weighted by Crippen LogP contribution is 2.27. The van der Waals surface area contributed by atoms with E-state index in [1.165, 1.54) is 4.90 Å². The van der Waals surface area contributed by atoms with Gasteiger partial charge in [-0.2, -0.15) is 5.10 Å². The van der Waals surface area contributed by atoms with Crippen molar-refractivity contribution in [1.29, 1.82) is 0 Å². The van der Waals surface area contributed by atoms with Crippen LogP contribution < -0.4 is 4.90 Å². The number of likely N-dealkylation sites (tertiary alicyclic amines) is 1. The van der Waals surface area contributed by atoms with Crippen molar-refractivity contribution in [2.24, 2.45) is 7.05 Å². The Hall–Kier alpha value is -3.94. The first kappa shape index (κ1) is 20.9. The summed E-state index contributed by atoms with van der Waals surface area (Å²) in [4.78, 5) is 43.4. The zero-order valence-electron chi connectivity index (χ0n) is 18.4. The second kappa shape index (κ2) is 8.54. The van der Waals surface area contributed by atoms with E-state index in [4.69, 9.17) is 0 Å². The second-order valence-electron chi connectivity index (χ2n) is 8.40. The standard InChI is InChI=1S/C25H25N5O3/c1-27-22(16-21(26-27)18-8-4-2-5-9-18)24(32)28-14-12-19(13-15-28)29-17-23(31)30(25(29)33)20-10-6-3-7-11-20/h2-11,16,19H,12-15,17H2,1H3. The summed E-state index contributed by atoms with van der Waals surface area (Å²) in [7, 11) is 1.78. The van der Waals surface area contributed by atoms with Gasteiger partial charge in [0.1, 0.15) is 12.2 Å². The third-order valence-corrected chi connectivity index (χ3v) is 6.37. The Bertz CT molecular complexity index is 1180. The lowest BCUT2D eigenvalue weighted by molar-refractivity contribution is -0.116. The van der Waals surface area contributed by atoms with E-state index in [1.54, 1.807) is 33.7 Å². The third-order valence-electron chi connectivity index (χ3n) is 6.37. The molecule has 0 N–H and O–H groups in total. The number of aromatic nitrogens is 2. The number of hydrogen-bond donors (Lipinski definition) is 0. The van der Waals surface area contributed by atoms with Crippen LogP contribution in [0.25, 0.3) is 11.3 Å². The number of carbonyl (C=O) groups is 3. The van der Waals surface area contributed by atoms with E-state index in [0.29, 0.717) is 37.3 Å². The second-order valence-corrected chi connectivity index (χ2v) is 8.40. The molecule has 2 saturated heterocycles. The number of urea groups is 1. The highest BCUT2D eigenvalue weighted by Gasteiger charge is 2.42. The summed E-state index contributed by atoms with van der Waals surface area (Å²) in [6.07, 6.45) is 1.27. The number of piperidine rings is 1. The van der Waals surface area contributed by atoms with E-state index in [-0.39, 0.29) is 30.4 Å². The molecule has 5 rings (SSSR count). The van der Waals surface area contributed by atoms with Crippen LogP contribution in [0.3, 0.4) is 0 Å². The highest BCUT2D eigenvalue weighted by molar-refractivity contribution is 6.19. The third kappa shape index (κ3) is 3.88. The molecular weight excluding hydrogens is 418 g/mol. The maximum atomic E-state index is 13.2. The lowest BCUT2D eigenvalue weighted by Crippen LogP contribution is -2.48. The molecule has 0 radical (unpaired) electrons. The van der Waals surface area contributed by atoms with Crippen LogP contribution in [0.2, 0.25) is 0 Å². The molecule has 8 nitrogen and oxygen atoms in total. The zero-order valence-corrected chi connectivity index (χ0v) is 18.4. The molecule has 1 aromatic heterocycles. The van der Waals surface area contributed by atoms with Gasteiger partial charge in [0.2, 0.25) is 0 Å². The predicted molar refractivity (Wildman–Crippen MR) is 124 cm³/mol. The van der Waals surface area contributed by atoms with E-state index >= 15 is 0 Å². The average Bonchev–Trinajstić information content (AvgIpc) is 3.38. The van der Waals surface area contributed by atoms with Crippen LogP contribution in [0.15, 0.2) is 66.7 Å². The first-order chi connectivity index (χ1) is 16.0. The lowest BCUT2D eigenvalue weighted by atomic mass is 10.0. The molecule has 2 aromatic carbocycles. The van der Waals surface area contributed by atoms with Gasteiger partial charge in [-0.3, -0.25) is 14.3 Å². The topological polar surface area (TPSA) is 78.8 Å². The van der Waals surface area contributed by atoms with Crippen molar-refractivity contribution >= 4 is 23.5 Å². The summed E-state index contributed by atoms with van der Waals surface area (Å²) < 4.78 is 1.62. The highest BCUT2D eigenvalue weighted by atomic mass is 16.2. The van der Waals surface area contributed by atoms with Crippen molar-refractivity contribution in [3.05, 3.63) is 72.4 Å². The number of amides is 4. The van der Waals surface area contributed by atoms with Crippen LogP contribution in [0.1, 0.15) is 23.3 Å². The van der Waals surface area contributed by atoms with Crippen molar-refractivity contribution in [2.75, 3.05) is 24.5 Å². The van der Waals surface area contributed by atoms with Gasteiger partial charge in [0.15, 0.2) is 0 Å². The van der Waals surface area contributed by atoms with Gasteiger partial charge >= 0.3 is 6.03 Å². The fourth-order valence-electron chi connectivity index (χ4n) is 4.60. The first-order valence-electron chi connectivity index (χ1n) is 11.1. The number of para-hydroxylation sites is 1. The zero-order chi connectivity index (χ0) is 22.9. The Kier molecular flexibility index (Phi) is 5.42. The minimum Gasteiger partial charge on any atom is -0.337 e. The minimum atomic E-state index is -0.282. The smallest absolute Gasteiger partial charge is 0.332 e. The molecule has 168 valence electrons. The summed E-state index contributed by atoms with van der Waals surface area (Å²) in [5, 5.41) is 4.50. The Morgan fingerprint density at radius 1 is 0.939 bits per heavy atom. The van der Waals surface area contributed by atoms with Crippen LogP contribution in [-0.2, 0) is 11.8 Å². The van der Waals surface area contributed by atoms with Gasteiger partial charge in [0.25, 0.3) is 11.8 Å². The number of aryl methyl sites for hydroxylation is 1. The van der Waals surface area contributed by atoms with Gasteiger partial charge in [0, 0.05) is 31.7 Å². The molecule has 3 aromatic rings. The molecule has 4 amide bonds. The van der Waals surface area contributed by atoms with Crippen molar-refractivity contribution in [3.8, 4) is 11.3 Å². The van der Waals surface area contributed by atoms with E-state index in [9.17, 15) is 14.4 Å². The molecule has 0 aliphatic carbocycles. The number of carbonyl (C=O) groups excluding carboxylic acids is 3. The fourth-order valence-corrected chi connectivity index (χ4v) is 4.60. The molecule has 8 heteroatoms. The largest absolute Gasteiger partial charge is 0.337 e. The minimum absolute atomic E-state index is 0.0642. The van der Waals surface area contributed by atoms with Gasteiger partial charge in [-0.1, -0.05) is 48.5 Å². The van der Waals surface area contributed by atoms with Crippen molar-refractivity contribution in [3.63, 3.8) is 0 Å². The molecule has 0 bridgehead atoms. The number of hydrogen-bond acceptors (Lipinski definition) is 4. The van der Waals surface area contributed by atoms with E-state index in [2.05, 4.69) is 5.10 Å². The van der Waals surface area contributed by atoms with Crippen LogP contribution in [0, 0.1) is 0 Å². The molecule has 33 heavy (non-hydrogen) atoms. The lowest BCUT2D eigenvalue weighted by Gasteiger charge is -2.36. The van der Waals surface area contributed by atoms with E-state index in [0.717, 1.165) is 11.3 Å². The van der Waals surface area contributed by atoms with E-state index < -0.39 is 0 Å². The van der Waals surface area contributed by atoms with Crippen molar-refractivity contribution in [1.82, 2.24) is 19.6 Å². The first-order valence-corrected chi connectivity index (χ1v) is 11.1. The molecule has 0 unspecified atom stereocenters. The van der Waals surface area contributed by atoms with E-state index in [1.807, 2.05) is 54.6 Å². The van der Waals surface area contributed by atoms with Crippen LogP contribution >= 0.6 is 0 Å². The summed E-state index contributed by atoms with van der Waals surface area (Å²) in [5.41, 5.74) is 2.85. The molecule has 2 aliphatic heterocycles.